The van der Waals surface area contributed by atoms with Crippen molar-refractivity contribution in [3.8, 4) is 0 Å². The molecule has 12 rings (SSSR count). The third kappa shape index (κ3) is 5.97. The molecule has 0 N–H and O–H groups in total. The number of aryl methyl sites for hydroxylation is 1. The minimum atomic E-state index is -0.353. The number of fused-ring (bicyclic) bond motifs is 10. The average Bonchev–Trinajstić information content (AvgIpc) is 3.52. The van der Waals surface area contributed by atoms with Crippen LogP contribution in [0.4, 0.5) is 45.5 Å². The summed E-state index contributed by atoms with van der Waals surface area (Å²) in [4.78, 5) is 8.09. The van der Waals surface area contributed by atoms with E-state index in [0.29, 0.717) is 0 Å². The molecule has 0 saturated heterocycles. The molecule has 3 nitrogen and oxygen atoms in total. The second kappa shape index (κ2) is 14.3. The zero-order valence-electron chi connectivity index (χ0n) is 42.6. The van der Waals surface area contributed by atoms with Crippen molar-refractivity contribution in [1.29, 1.82) is 0 Å². The molecule has 3 heterocycles. The molecule has 2 aliphatic carbocycles. The van der Waals surface area contributed by atoms with E-state index in [1.54, 1.807) is 0 Å². The van der Waals surface area contributed by atoms with Crippen LogP contribution < -0.4 is 31.1 Å². The van der Waals surface area contributed by atoms with Crippen molar-refractivity contribution in [1.82, 2.24) is 0 Å². The first-order valence-electron chi connectivity index (χ1n) is 25.5. The third-order valence-corrected chi connectivity index (χ3v) is 17.8. The van der Waals surface area contributed by atoms with E-state index in [-0.39, 0.29) is 39.3 Å². The third-order valence-electron chi connectivity index (χ3n) is 17.8. The van der Waals surface area contributed by atoms with Crippen LogP contribution in [0.1, 0.15) is 141 Å². The summed E-state index contributed by atoms with van der Waals surface area (Å²) in [6, 6.07) is 57.3. The van der Waals surface area contributed by atoms with Crippen molar-refractivity contribution in [2.45, 2.75) is 141 Å². The fourth-order valence-corrected chi connectivity index (χ4v) is 13.6. The smallest absolute Gasteiger partial charge is 0.252 e. The Labute approximate surface area is 407 Å². The molecule has 0 aromatic heterocycles. The number of hydrogen-bond acceptors (Lipinski definition) is 3. The Balaban J connectivity index is 1.25. The van der Waals surface area contributed by atoms with Crippen molar-refractivity contribution < 1.29 is 0 Å². The van der Waals surface area contributed by atoms with Gasteiger partial charge in [-0.05, 0) is 164 Å². The number of rotatable bonds is 3. The standard InChI is InChI=1S/C64H68BN3/c1-59(2,3)42-22-20-25-45(35-42)67-54-36-43(60(4,5)6)29-30-51(54)65-52-39-49-50(62(9,10)34-33-61(49,7)8)40-55(52)66(44-23-14-13-15-24-44)56-37-46(38-57(67)58(56)65)68-53-28-19-18-27-48(53)63(11)32-31-41-21-16-17-26-47(41)64(63,68)12/h13-30,35-40H,31-34H2,1-12H3. The molecule has 3 aliphatic heterocycles. The van der Waals surface area contributed by atoms with Crippen LogP contribution in [0.5, 0.6) is 0 Å². The number of para-hydroxylation sites is 2. The normalized spacial score (nSPS) is 21.5. The maximum Gasteiger partial charge on any atom is 0.252 e. The number of anilines is 8. The van der Waals surface area contributed by atoms with Crippen LogP contribution in [0, 0.1) is 0 Å². The predicted molar refractivity (Wildman–Crippen MR) is 291 cm³/mol. The van der Waals surface area contributed by atoms with Crippen molar-refractivity contribution in [2.24, 2.45) is 0 Å². The summed E-state index contributed by atoms with van der Waals surface area (Å²) in [5, 5.41) is 0. The summed E-state index contributed by atoms with van der Waals surface area (Å²) >= 11 is 0. The summed E-state index contributed by atoms with van der Waals surface area (Å²) in [5.41, 5.74) is 23.7. The van der Waals surface area contributed by atoms with E-state index in [2.05, 4.69) is 243 Å². The monoisotopic (exact) mass is 890 g/mol. The lowest BCUT2D eigenvalue weighted by Gasteiger charge is -2.52. The first kappa shape index (κ1) is 43.3. The van der Waals surface area contributed by atoms with Gasteiger partial charge in [0.1, 0.15) is 0 Å². The van der Waals surface area contributed by atoms with Crippen LogP contribution in [0.2, 0.25) is 0 Å². The van der Waals surface area contributed by atoms with Gasteiger partial charge in [0.2, 0.25) is 0 Å². The van der Waals surface area contributed by atoms with Crippen molar-refractivity contribution >= 4 is 68.6 Å². The Hall–Kier alpha value is -6.00. The van der Waals surface area contributed by atoms with Crippen LogP contribution in [0.15, 0.2) is 146 Å². The highest BCUT2D eigenvalue weighted by Gasteiger charge is 2.60. The summed E-state index contributed by atoms with van der Waals surface area (Å²) in [5.74, 6) is 0. The molecular formula is C64H68BN3. The lowest BCUT2D eigenvalue weighted by molar-refractivity contribution is 0.245. The molecule has 5 aliphatic rings. The van der Waals surface area contributed by atoms with E-state index < -0.39 is 0 Å². The fourth-order valence-electron chi connectivity index (χ4n) is 13.6. The molecule has 7 aromatic rings. The minimum Gasteiger partial charge on any atom is -0.330 e. The molecule has 4 heteroatoms. The van der Waals surface area contributed by atoms with Gasteiger partial charge in [-0.2, -0.15) is 0 Å². The van der Waals surface area contributed by atoms with Gasteiger partial charge in [0.15, 0.2) is 0 Å². The van der Waals surface area contributed by atoms with Crippen LogP contribution in [-0.2, 0) is 39.0 Å². The van der Waals surface area contributed by atoms with E-state index in [9.17, 15) is 0 Å². The molecule has 0 spiro atoms. The highest BCUT2D eigenvalue weighted by molar-refractivity contribution is 7.00. The number of hydrogen-bond donors (Lipinski definition) is 0. The van der Waals surface area contributed by atoms with Crippen molar-refractivity contribution in [3.63, 3.8) is 0 Å². The van der Waals surface area contributed by atoms with E-state index in [1.165, 1.54) is 114 Å². The molecule has 68 heavy (non-hydrogen) atoms. The van der Waals surface area contributed by atoms with Crippen molar-refractivity contribution in [2.75, 3.05) is 14.7 Å². The zero-order chi connectivity index (χ0) is 47.5. The fraction of sp³-hybridized carbons (Fsp3) is 0.344. The average molecular weight is 890 g/mol. The second-order valence-corrected chi connectivity index (χ2v) is 24.8. The molecule has 0 radical (unpaired) electrons. The highest BCUT2D eigenvalue weighted by Crippen LogP contribution is 2.64. The van der Waals surface area contributed by atoms with Crippen LogP contribution >= 0.6 is 0 Å². The molecule has 0 saturated carbocycles. The molecule has 2 atom stereocenters. The molecule has 0 amide bonds. The molecule has 0 bridgehead atoms. The Kier molecular flexibility index (Phi) is 9.10. The highest BCUT2D eigenvalue weighted by atomic mass is 15.3. The van der Waals surface area contributed by atoms with Crippen LogP contribution in [0.3, 0.4) is 0 Å². The summed E-state index contributed by atoms with van der Waals surface area (Å²) in [6.07, 6.45) is 4.50. The Morgan fingerprint density at radius 2 is 1.00 bits per heavy atom. The summed E-state index contributed by atoms with van der Waals surface area (Å²) < 4.78 is 0. The largest absolute Gasteiger partial charge is 0.330 e. The molecular weight excluding hydrogens is 822 g/mol. The summed E-state index contributed by atoms with van der Waals surface area (Å²) in [6.45, 7) is 29.1. The maximum absolute atomic E-state index is 2.77. The Morgan fingerprint density at radius 1 is 0.426 bits per heavy atom. The predicted octanol–water partition coefficient (Wildman–Crippen LogP) is 15.0. The second-order valence-electron chi connectivity index (χ2n) is 24.8. The Morgan fingerprint density at radius 3 is 1.69 bits per heavy atom. The lowest BCUT2D eigenvalue weighted by Crippen LogP contribution is -2.62. The van der Waals surface area contributed by atoms with Gasteiger partial charge in [-0.3, -0.25) is 0 Å². The van der Waals surface area contributed by atoms with Crippen LogP contribution in [-0.4, -0.2) is 6.71 Å². The number of nitrogens with zero attached hydrogens (tertiary/aromatic N) is 3. The zero-order valence-corrected chi connectivity index (χ0v) is 42.6. The molecule has 7 aromatic carbocycles. The maximum atomic E-state index is 2.77. The van der Waals surface area contributed by atoms with Gasteiger partial charge in [0.05, 0.1) is 5.54 Å². The van der Waals surface area contributed by atoms with Gasteiger partial charge >= 0.3 is 0 Å². The van der Waals surface area contributed by atoms with Gasteiger partial charge in [-0.1, -0.05) is 167 Å². The molecule has 0 fully saturated rings. The van der Waals surface area contributed by atoms with Gasteiger partial charge < -0.3 is 14.7 Å². The molecule has 342 valence electrons. The van der Waals surface area contributed by atoms with E-state index in [4.69, 9.17) is 0 Å². The van der Waals surface area contributed by atoms with Gasteiger partial charge in [0.25, 0.3) is 6.71 Å². The SMILES string of the molecule is CC(C)(C)c1cccc(N2c3cc(C(C)(C)C)ccc3B3c4cc5c(cc4N(c4ccccc4)c4cc(N6c7ccccc7C7(C)CCc8ccccc8C67C)cc2c43)C(C)(C)CCC5(C)C)c1. The summed E-state index contributed by atoms with van der Waals surface area (Å²) in [7, 11) is 0. The quantitative estimate of drug-likeness (QED) is 0.164. The lowest BCUT2D eigenvalue weighted by atomic mass is 9.33. The topological polar surface area (TPSA) is 9.72 Å². The first-order valence-corrected chi connectivity index (χ1v) is 25.5. The van der Waals surface area contributed by atoms with Gasteiger partial charge in [-0.15, -0.1) is 0 Å². The van der Waals surface area contributed by atoms with E-state index in [0.717, 1.165) is 12.8 Å². The van der Waals surface area contributed by atoms with E-state index in [1.807, 2.05) is 0 Å². The first-order chi connectivity index (χ1) is 32.2. The van der Waals surface area contributed by atoms with Crippen molar-refractivity contribution in [3.05, 3.63) is 185 Å². The van der Waals surface area contributed by atoms with Crippen LogP contribution in [0.25, 0.3) is 0 Å². The van der Waals surface area contributed by atoms with E-state index >= 15 is 0 Å². The molecule has 2 unspecified atom stereocenters. The van der Waals surface area contributed by atoms with Gasteiger partial charge in [-0.25, -0.2) is 0 Å². The Bertz CT molecular complexity index is 3220. The minimum absolute atomic E-state index is 0.0170. The van der Waals surface area contributed by atoms with Gasteiger partial charge in [0, 0.05) is 50.9 Å². The number of benzene rings is 7.